The molecule has 1 heterocycles. The van der Waals surface area contributed by atoms with E-state index in [0.29, 0.717) is 0 Å². The molecule has 0 amide bonds. The van der Waals surface area contributed by atoms with Gasteiger partial charge in [0, 0.05) is 37.6 Å². The summed E-state index contributed by atoms with van der Waals surface area (Å²) in [5.41, 5.74) is 6.45. The van der Waals surface area contributed by atoms with Crippen LogP contribution in [-0.4, -0.2) is 28.3 Å². The molecular formula is C29H29N3O2. The highest BCUT2D eigenvalue weighted by atomic mass is 16.5. The molecule has 0 aliphatic carbocycles. The molecule has 1 aliphatic rings. The van der Waals surface area contributed by atoms with Gasteiger partial charge in [-0.2, -0.15) is 0 Å². The Morgan fingerprint density at radius 1 is 0.588 bits per heavy atom. The first-order chi connectivity index (χ1) is 16.6. The summed E-state index contributed by atoms with van der Waals surface area (Å²) in [6, 6.07) is 33.3. The Bertz CT molecular complexity index is 1180. The summed E-state index contributed by atoms with van der Waals surface area (Å²) in [7, 11) is 7.67. The Balaban J connectivity index is 1.67. The molecule has 4 aromatic rings. The Morgan fingerprint density at radius 3 is 1.41 bits per heavy atom. The van der Waals surface area contributed by atoms with Crippen LogP contribution in [0, 0.1) is 0 Å². The lowest BCUT2D eigenvalue weighted by atomic mass is 10.1. The Kier molecular flexibility index (Phi) is 5.76. The second-order valence-electron chi connectivity index (χ2n) is 8.35. The lowest BCUT2D eigenvalue weighted by molar-refractivity contribution is 0.378. The van der Waals surface area contributed by atoms with Crippen molar-refractivity contribution in [1.29, 1.82) is 0 Å². The van der Waals surface area contributed by atoms with Crippen molar-refractivity contribution in [3.8, 4) is 11.5 Å². The van der Waals surface area contributed by atoms with Crippen molar-refractivity contribution >= 4 is 28.4 Å². The van der Waals surface area contributed by atoms with Crippen LogP contribution in [0.3, 0.4) is 0 Å². The van der Waals surface area contributed by atoms with Gasteiger partial charge in [-0.15, -0.1) is 0 Å². The van der Waals surface area contributed by atoms with Gasteiger partial charge in [0.15, 0.2) is 0 Å². The van der Waals surface area contributed by atoms with Crippen LogP contribution < -0.4 is 24.2 Å². The average Bonchev–Trinajstić information content (AvgIpc) is 3.14. The van der Waals surface area contributed by atoms with Crippen LogP contribution in [0.1, 0.15) is 11.7 Å². The van der Waals surface area contributed by atoms with Gasteiger partial charge >= 0.3 is 0 Å². The number of fused-ring (bicyclic) bond motifs is 1. The van der Waals surface area contributed by atoms with Gasteiger partial charge in [-0.1, -0.05) is 48.5 Å². The average molecular weight is 452 g/mol. The summed E-state index contributed by atoms with van der Waals surface area (Å²) < 4.78 is 12.0. The van der Waals surface area contributed by atoms with Gasteiger partial charge in [-0.05, 0) is 36.4 Å². The zero-order chi connectivity index (χ0) is 23.7. The smallest absolute Gasteiger partial charge is 0.135 e. The molecule has 0 atom stereocenters. The Morgan fingerprint density at radius 2 is 1.00 bits per heavy atom. The monoisotopic (exact) mass is 451 g/mol. The van der Waals surface area contributed by atoms with Crippen LogP contribution >= 0.6 is 0 Å². The van der Waals surface area contributed by atoms with Crippen LogP contribution in [0.25, 0.3) is 0 Å². The number of hydrogen-bond donors (Lipinski definition) is 0. The number of hydrogen-bond acceptors (Lipinski definition) is 5. The molecule has 4 aromatic carbocycles. The van der Waals surface area contributed by atoms with Gasteiger partial charge < -0.3 is 24.2 Å². The molecule has 0 spiro atoms. The predicted octanol–water partition coefficient (Wildman–Crippen LogP) is 6.76. The second kappa shape index (κ2) is 9.02. The summed E-state index contributed by atoms with van der Waals surface area (Å²) in [6.45, 7) is 0. The first-order valence-corrected chi connectivity index (χ1v) is 11.3. The second-order valence-corrected chi connectivity index (χ2v) is 8.35. The van der Waals surface area contributed by atoms with E-state index >= 15 is 0 Å². The Labute approximate surface area is 201 Å². The zero-order valence-electron chi connectivity index (χ0n) is 20.0. The van der Waals surface area contributed by atoms with Gasteiger partial charge in [0.2, 0.25) is 0 Å². The summed E-state index contributed by atoms with van der Waals surface area (Å²) in [5, 5.41) is 0. The highest BCUT2D eigenvalue weighted by Gasteiger charge is 2.36. The normalized spacial score (nSPS) is 13.1. The van der Waals surface area contributed by atoms with E-state index in [-0.39, 0.29) is 6.17 Å². The largest absolute Gasteiger partial charge is 0.496 e. The van der Waals surface area contributed by atoms with Gasteiger partial charge in [-0.25, -0.2) is 0 Å². The van der Waals surface area contributed by atoms with E-state index in [1.807, 2.05) is 36.4 Å². The number of nitrogens with zero attached hydrogens (tertiary/aromatic N) is 3. The summed E-state index contributed by atoms with van der Waals surface area (Å²) >= 11 is 0. The number of ether oxygens (including phenoxy) is 2. The summed E-state index contributed by atoms with van der Waals surface area (Å²) in [5.74, 6) is 1.56. The van der Waals surface area contributed by atoms with Gasteiger partial charge in [0.25, 0.3) is 0 Å². The molecule has 0 radical (unpaired) electrons. The van der Waals surface area contributed by atoms with Crippen LogP contribution in [0.5, 0.6) is 11.5 Å². The maximum atomic E-state index is 6.00. The highest BCUT2D eigenvalue weighted by Crippen LogP contribution is 2.50. The maximum Gasteiger partial charge on any atom is 0.135 e. The molecule has 0 N–H and O–H groups in total. The van der Waals surface area contributed by atoms with Crippen LogP contribution in [0.4, 0.5) is 28.4 Å². The fourth-order valence-electron chi connectivity index (χ4n) is 4.88. The molecule has 5 heteroatoms. The van der Waals surface area contributed by atoms with E-state index < -0.39 is 0 Å². The lowest BCUT2D eigenvalue weighted by Gasteiger charge is -2.32. The van der Waals surface area contributed by atoms with E-state index in [2.05, 4.69) is 89.5 Å². The molecule has 5 rings (SSSR count). The molecule has 172 valence electrons. The molecule has 1 aliphatic heterocycles. The first-order valence-electron chi connectivity index (χ1n) is 11.3. The number of para-hydroxylation sites is 4. The number of methoxy groups -OCH3 is 2. The van der Waals surface area contributed by atoms with Crippen LogP contribution in [-0.2, 0) is 0 Å². The van der Waals surface area contributed by atoms with Crippen molar-refractivity contribution in [1.82, 2.24) is 0 Å². The summed E-state index contributed by atoms with van der Waals surface area (Å²) in [4.78, 5) is 6.74. The van der Waals surface area contributed by atoms with Crippen molar-refractivity contribution < 1.29 is 9.47 Å². The topological polar surface area (TPSA) is 28.2 Å². The first kappa shape index (κ1) is 21.7. The lowest BCUT2D eigenvalue weighted by Crippen LogP contribution is -2.31. The van der Waals surface area contributed by atoms with Crippen molar-refractivity contribution in [2.75, 3.05) is 43.0 Å². The van der Waals surface area contributed by atoms with Gasteiger partial charge in [0.1, 0.15) is 17.7 Å². The number of benzene rings is 4. The van der Waals surface area contributed by atoms with Crippen molar-refractivity contribution in [2.24, 2.45) is 0 Å². The predicted molar refractivity (Wildman–Crippen MR) is 140 cm³/mol. The molecule has 34 heavy (non-hydrogen) atoms. The SMILES string of the molecule is COc1cc(N(c2ccccc2)c2ccccc2)cc(OC)c1C1N(C)c2ccccc2N1C. The maximum absolute atomic E-state index is 6.00. The van der Waals surface area contributed by atoms with Crippen LogP contribution in [0.15, 0.2) is 97.1 Å². The summed E-state index contributed by atoms with van der Waals surface area (Å²) in [6.07, 6.45) is -0.0572. The number of rotatable bonds is 6. The molecule has 0 saturated heterocycles. The van der Waals surface area contributed by atoms with Gasteiger partial charge in [-0.3, -0.25) is 0 Å². The fraction of sp³-hybridized carbons (Fsp3) is 0.172. The third kappa shape index (κ3) is 3.59. The zero-order valence-corrected chi connectivity index (χ0v) is 20.0. The molecule has 0 aromatic heterocycles. The molecule has 0 fully saturated rings. The van der Waals surface area contributed by atoms with E-state index in [4.69, 9.17) is 9.47 Å². The van der Waals surface area contributed by atoms with Crippen molar-refractivity contribution in [2.45, 2.75) is 6.17 Å². The number of anilines is 5. The minimum Gasteiger partial charge on any atom is -0.496 e. The van der Waals surface area contributed by atoms with E-state index in [1.165, 1.54) is 11.4 Å². The van der Waals surface area contributed by atoms with Crippen LogP contribution in [0.2, 0.25) is 0 Å². The molecule has 0 bridgehead atoms. The van der Waals surface area contributed by atoms with Gasteiger partial charge in [0.05, 0.1) is 36.8 Å². The fourth-order valence-corrected chi connectivity index (χ4v) is 4.88. The third-order valence-corrected chi connectivity index (χ3v) is 6.45. The Hall–Kier alpha value is -4.12. The molecule has 5 nitrogen and oxygen atoms in total. The molecule has 0 unspecified atom stereocenters. The van der Waals surface area contributed by atoms with E-state index in [1.54, 1.807) is 14.2 Å². The van der Waals surface area contributed by atoms with Crippen molar-refractivity contribution in [3.63, 3.8) is 0 Å². The van der Waals surface area contributed by atoms with E-state index in [0.717, 1.165) is 34.1 Å². The standard InChI is InChI=1S/C29H29N3O2/c1-30-24-17-11-12-18-25(24)31(2)29(30)28-26(33-3)19-23(20-27(28)34-4)32(21-13-7-5-8-14-21)22-15-9-6-10-16-22/h5-20,29H,1-4H3. The quantitative estimate of drug-likeness (QED) is 0.323. The molecular weight excluding hydrogens is 422 g/mol. The molecule has 0 saturated carbocycles. The third-order valence-electron chi connectivity index (χ3n) is 6.45. The minimum atomic E-state index is -0.0572. The highest BCUT2D eigenvalue weighted by molar-refractivity contribution is 5.82. The van der Waals surface area contributed by atoms with Crippen molar-refractivity contribution in [3.05, 3.63) is 103 Å². The minimum absolute atomic E-state index is 0.0572. The van der Waals surface area contributed by atoms with E-state index in [9.17, 15) is 0 Å².